The van der Waals surface area contributed by atoms with Gasteiger partial charge in [-0.15, -0.1) is 0 Å². The predicted octanol–water partition coefficient (Wildman–Crippen LogP) is 2.04. The second-order valence-electron chi connectivity index (χ2n) is 4.94. The molecule has 0 aromatic heterocycles. The highest BCUT2D eigenvalue weighted by atomic mass is 16.6. The van der Waals surface area contributed by atoms with E-state index in [4.69, 9.17) is 0 Å². The zero-order valence-electron chi connectivity index (χ0n) is 11.9. The molecule has 0 fully saturated rings. The molecule has 0 saturated carbocycles. The maximum atomic E-state index is 12.0. The van der Waals surface area contributed by atoms with Crippen LogP contribution in [-0.4, -0.2) is 28.6 Å². The summed E-state index contributed by atoms with van der Waals surface area (Å²) in [5.41, 5.74) is 0.556. The number of aryl methyl sites for hydroxylation is 1. The molecule has 0 aliphatic carbocycles. The van der Waals surface area contributed by atoms with Gasteiger partial charge < -0.3 is 10.4 Å². The fraction of sp³-hybridized carbons (Fsp3) is 0.500. The predicted molar refractivity (Wildman–Crippen MR) is 75.6 cm³/mol. The largest absolute Gasteiger partial charge is 0.391 e. The Hall–Kier alpha value is -1.95. The number of nitro benzene ring substituents is 1. The number of hydrogen-bond acceptors (Lipinski definition) is 4. The van der Waals surface area contributed by atoms with Gasteiger partial charge in [-0.05, 0) is 24.5 Å². The van der Waals surface area contributed by atoms with E-state index in [1.165, 1.54) is 12.1 Å². The number of aliphatic hydroxyl groups excluding tert-OH is 1. The molecule has 0 aliphatic heterocycles. The van der Waals surface area contributed by atoms with Crippen LogP contribution in [0.5, 0.6) is 0 Å². The summed E-state index contributed by atoms with van der Waals surface area (Å²) in [6.07, 6.45) is 0.134. The Labute approximate surface area is 118 Å². The normalized spacial score (nSPS) is 13.6. The van der Waals surface area contributed by atoms with Crippen molar-refractivity contribution in [3.8, 4) is 0 Å². The van der Waals surface area contributed by atoms with Crippen molar-refractivity contribution < 1.29 is 14.8 Å². The van der Waals surface area contributed by atoms with Crippen molar-refractivity contribution in [3.05, 3.63) is 39.4 Å². The number of aliphatic hydroxyl groups is 1. The van der Waals surface area contributed by atoms with Gasteiger partial charge in [0.05, 0.1) is 11.0 Å². The number of carbonyl (C=O) groups excluding carboxylic acids is 1. The van der Waals surface area contributed by atoms with Gasteiger partial charge >= 0.3 is 0 Å². The molecular weight excluding hydrogens is 260 g/mol. The van der Waals surface area contributed by atoms with Gasteiger partial charge in [-0.3, -0.25) is 14.9 Å². The Kier molecular flexibility index (Phi) is 5.64. The first-order chi connectivity index (χ1) is 9.36. The molecule has 0 spiro atoms. The van der Waals surface area contributed by atoms with Crippen LogP contribution in [0.2, 0.25) is 0 Å². The van der Waals surface area contributed by atoms with Gasteiger partial charge in [0, 0.05) is 12.6 Å². The first-order valence-electron chi connectivity index (χ1n) is 6.58. The molecule has 0 heterocycles. The average molecular weight is 280 g/mol. The molecular formula is C14H20N2O4. The van der Waals surface area contributed by atoms with Crippen LogP contribution in [0.25, 0.3) is 0 Å². The van der Waals surface area contributed by atoms with Crippen LogP contribution in [0.15, 0.2) is 18.2 Å². The second-order valence-corrected chi connectivity index (χ2v) is 4.94. The maximum Gasteiger partial charge on any atom is 0.282 e. The van der Waals surface area contributed by atoms with Crippen molar-refractivity contribution in [2.75, 3.05) is 6.54 Å². The lowest BCUT2D eigenvalue weighted by molar-refractivity contribution is -0.385. The van der Waals surface area contributed by atoms with Crippen molar-refractivity contribution in [2.24, 2.45) is 5.92 Å². The summed E-state index contributed by atoms with van der Waals surface area (Å²) in [6, 6.07) is 4.38. The van der Waals surface area contributed by atoms with Crippen LogP contribution >= 0.6 is 0 Å². The minimum absolute atomic E-state index is 0.0198. The van der Waals surface area contributed by atoms with Gasteiger partial charge in [0.25, 0.3) is 11.6 Å². The quantitative estimate of drug-likeness (QED) is 0.616. The third-order valence-electron chi connectivity index (χ3n) is 3.37. The summed E-state index contributed by atoms with van der Waals surface area (Å²) < 4.78 is 0. The highest BCUT2D eigenvalue weighted by Crippen LogP contribution is 2.19. The Morgan fingerprint density at radius 1 is 1.50 bits per heavy atom. The minimum atomic E-state index is -0.659. The SMILES string of the molecule is CCC(C)C(O)CNC(=O)c1cc(C)ccc1[N+](=O)[O-]. The monoisotopic (exact) mass is 280 g/mol. The van der Waals surface area contributed by atoms with Crippen LogP contribution in [0.1, 0.15) is 36.2 Å². The molecule has 6 heteroatoms. The topological polar surface area (TPSA) is 92.5 Å². The number of benzene rings is 1. The molecule has 0 saturated heterocycles. The Morgan fingerprint density at radius 2 is 2.15 bits per heavy atom. The lowest BCUT2D eigenvalue weighted by atomic mass is 10.0. The van der Waals surface area contributed by atoms with Crippen molar-refractivity contribution >= 4 is 11.6 Å². The molecule has 2 N–H and O–H groups in total. The van der Waals surface area contributed by atoms with Crippen molar-refractivity contribution in [3.63, 3.8) is 0 Å². The summed E-state index contributed by atoms with van der Waals surface area (Å²) in [7, 11) is 0. The molecule has 2 unspecified atom stereocenters. The summed E-state index contributed by atoms with van der Waals surface area (Å²) in [5, 5.41) is 23.2. The molecule has 1 amide bonds. The van der Waals surface area contributed by atoms with Gasteiger partial charge in [-0.25, -0.2) is 0 Å². The van der Waals surface area contributed by atoms with Crippen LogP contribution in [-0.2, 0) is 0 Å². The molecule has 0 aliphatic rings. The third-order valence-corrected chi connectivity index (χ3v) is 3.37. The number of rotatable bonds is 6. The number of carbonyl (C=O) groups is 1. The third kappa shape index (κ3) is 4.03. The first kappa shape index (κ1) is 16.1. The Balaban J connectivity index is 2.82. The standard InChI is InChI=1S/C14H20N2O4/c1-4-10(3)13(17)8-15-14(18)11-7-9(2)5-6-12(11)16(19)20/h5-7,10,13,17H,4,8H2,1-3H3,(H,15,18). The van der Waals surface area contributed by atoms with Gasteiger partial charge in [0.1, 0.15) is 5.56 Å². The minimum Gasteiger partial charge on any atom is -0.391 e. The average Bonchev–Trinajstić information content (AvgIpc) is 2.42. The van der Waals surface area contributed by atoms with Crippen LogP contribution < -0.4 is 5.32 Å². The lowest BCUT2D eigenvalue weighted by Crippen LogP contribution is -2.35. The van der Waals surface area contributed by atoms with Crippen molar-refractivity contribution in [1.82, 2.24) is 5.32 Å². The molecule has 2 atom stereocenters. The van der Waals surface area contributed by atoms with Gasteiger partial charge in [0.15, 0.2) is 0 Å². The highest BCUT2D eigenvalue weighted by molar-refractivity contribution is 5.98. The summed E-state index contributed by atoms with van der Waals surface area (Å²) in [4.78, 5) is 22.3. The molecule has 110 valence electrons. The van der Waals surface area contributed by atoms with Crippen LogP contribution in [0, 0.1) is 23.0 Å². The fourth-order valence-electron chi connectivity index (χ4n) is 1.76. The number of nitrogens with one attached hydrogen (secondary N) is 1. The van der Waals surface area contributed by atoms with Gasteiger partial charge in [-0.1, -0.05) is 26.3 Å². The number of nitrogens with zero attached hydrogens (tertiary/aromatic N) is 1. The molecule has 1 aromatic rings. The molecule has 1 aromatic carbocycles. The summed E-state index contributed by atoms with van der Waals surface area (Å²) in [6.45, 7) is 5.67. The van der Waals surface area contributed by atoms with Crippen molar-refractivity contribution in [2.45, 2.75) is 33.3 Å². The second kappa shape index (κ2) is 7.00. The molecule has 6 nitrogen and oxygen atoms in total. The lowest BCUT2D eigenvalue weighted by Gasteiger charge is -2.17. The van der Waals surface area contributed by atoms with Gasteiger partial charge in [0.2, 0.25) is 0 Å². The molecule has 0 bridgehead atoms. The van der Waals surface area contributed by atoms with E-state index in [0.717, 1.165) is 12.0 Å². The Bertz CT molecular complexity index is 502. The molecule has 0 radical (unpaired) electrons. The van der Waals surface area contributed by atoms with E-state index in [1.54, 1.807) is 13.0 Å². The smallest absolute Gasteiger partial charge is 0.282 e. The van der Waals surface area contributed by atoms with E-state index < -0.39 is 16.9 Å². The number of hydrogen-bond donors (Lipinski definition) is 2. The summed E-state index contributed by atoms with van der Waals surface area (Å²) in [5.74, 6) is -0.481. The zero-order valence-corrected chi connectivity index (χ0v) is 11.9. The summed E-state index contributed by atoms with van der Waals surface area (Å²) >= 11 is 0. The van der Waals surface area contributed by atoms with E-state index in [-0.39, 0.29) is 23.7 Å². The molecule has 1 rings (SSSR count). The fourth-order valence-corrected chi connectivity index (χ4v) is 1.76. The van der Waals surface area contributed by atoms with Crippen LogP contribution in [0.4, 0.5) is 5.69 Å². The van der Waals surface area contributed by atoms with E-state index >= 15 is 0 Å². The van der Waals surface area contributed by atoms with Gasteiger partial charge in [-0.2, -0.15) is 0 Å². The highest BCUT2D eigenvalue weighted by Gasteiger charge is 2.21. The first-order valence-corrected chi connectivity index (χ1v) is 6.58. The van der Waals surface area contributed by atoms with E-state index in [2.05, 4.69) is 5.32 Å². The van der Waals surface area contributed by atoms with E-state index in [0.29, 0.717) is 0 Å². The van der Waals surface area contributed by atoms with Crippen molar-refractivity contribution in [1.29, 1.82) is 0 Å². The van der Waals surface area contributed by atoms with E-state index in [9.17, 15) is 20.0 Å². The molecule has 20 heavy (non-hydrogen) atoms. The number of amides is 1. The maximum absolute atomic E-state index is 12.0. The number of nitro groups is 1. The van der Waals surface area contributed by atoms with E-state index in [1.807, 2.05) is 13.8 Å². The van der Waals surface area contributed by atoms with Crippen LogP contribution in [0.3, 0.4) is 0 Å². The Morgan fingerprint density at radius 3 is 2.70 bits per heavy atom. The zero-order chi connectivity index (χ0) is 15.3.